The van der Waals surface area contributed by atoms with E-state index in [1.54, 1.807) is 0 Å². The summed E-state index contributed by atoms with van der Waals surface area (Å²) in [5.41, 5.74) is -0.989. The van der Waals surface area contributed by atoms with Crippen LogP contribution >= 0.6 is 0 Å². The summed E-state index contributed by atoms with van der Waals surface area (Å²) in [6.45, 7) is 2.37. The Balaban J connectivity index is 1.70. The molecule has 4 heterocycles. The lowest BCUT2D eigenvalue weighted by Gasteiger charge is -2.24. The van der Waals surface area contributed by atoms with Crippen molar-refractivity contribution in [1.82, 2.24) is 15.0 Å². The molecule has 7 nitrogen and oxygen atoms in total. The lowest BCUT2D eigenvalue weighted by Crippen LogP contribution is -2.40. The molecule has 2 amide bonds. The van der Waals surface area contributed by atoms with Gasteiger partial charge < -0.3 is 10.2 Å². The van der Waals surface area contributed by atoms with Gasteiger partial charge in [-0.1, -0.05) is 0 Å². The fourth-order valence-corrected chi connectivity index (χ4v) is 3.69. The standard InChI is InChI=1S/C22H16F5N5O2/c1-10-5-15-18(20(24)30-10)14-6-12(23)7-29-19(14)11(2)21(34)32(15)9-17(33)31-13-3-4-16(28-8-13)22(25,26)27/h3-8,11H,9H2,1-2H3,(H,31,33). The fraction of sp³-hybridized carbons (Fsp3) is 0.227. The van der Waals surface area contributed by atoms with Crippen LogP contribution in [0.2, 0.25) is 0 Å². The van der Waals surface area contributed by atoms with Crippen molar-refractivity contribution in [3.63, 3.8) is 0 Å². The number of pyridine rings is 3. The van der Waals surface area contributed by atoms with Crippen molar-refractivity contribution in [2.45, 2.75) is 25.9 Å². The van der Waals surface area contributed by atoms with Gasteiger partial charge in [-0.05, 0) is 38.1 Å². The summed E-state index contributed by atoms with van der Waals surface area (Å²) in [6, 6.07) is 4.15. The van der Waals surface area contributed by atoms with Crippen LogP contribution in [0.15, 0.2) is 36.7 Å². The van der Waals surface area contributed by atoms with Crippen LogP contribution in [0.3, 0.4) is 0 Å². The van der Waals surface area contributed by atoms with E-state index in [4.69, 9.17) is 0 Å². The molecular formula is C22H16F5N5O2. The zero-order chi connectivity index (χ0) is 24.8. The molecule has 0 spiro atoms. The highest BCUT2D eigenvalue weighted by Gasteiger charge is 2.36. The average molecular weight is 477 g/mol. The molecule has 1 unspecified atom stereocenters. The third-order valence-corrected chi connectivity index (χ3v) is 5.21. The molecule has 34 heavy (non-hydrogen) atoms. The molecule has 1 N–H and O–H groups in total. The number of nitrogens with one attached hydrogen (secondary N) is 1. The lowest BCUT2D eigenvalue weighted by molar-refractivity contribution is -0.141. The summed E-state index contributed by atoms with van der Waals surface area (Å²) in [4.78, 5) is 38.0. The minimum Gasteiger partial charge on any atom is -0.323 e. The Morgan fingerprint density at radius 3 is 2.53 bits per heavy atom. The summed E-state index contributed by atoms with van der Waals surface area (Å²) in [6.07, 6.45) is -2.90. The van der Waals surface area contributed by atoms with Crippen LogP contribution in [-0.2, 0) is 15.8 Å². The molecule has 0 radical (unpaired) electrons. The van der Waals surface area contributed by atoms with Gasteiger partial charge in [-0.2, -0.15) is 17.6 Å². The highest BCUT2D eigenvalue weighted by atomic mass is 19.4. The van der Waals surface area contributed by atoms with Gasteiger partial charge >= 0.3 is 6.18 Å². The van der Waals surface area contributed by atoms with Crippen molar-refractivity contribution in [3.8, 4) is 11.1 Å². The summed E-state index contributed by atoms with van der Waals surface area (Å²) in [5.74, 6) is -4.05. The number of carbonyl (C=O) groups is 2. The summed E-state index contributed by atoms with van der Waals surface area (Å²) >= 11 is 0. The molecule has 0 fully saturated rings. The maximum atomic E-state index is 15.0. The van der Waals surface area contributed by atoms with Gasteiger partial charge in [-0.25, -0.2) is 14.4 Å². The molecule has 3 aromatic rings. The molecule has 12 heteroatoms. The fourth-order valence-electron chi connectivity index (χ4n) is 3.69. The first kappa shape index (κ1) is 23.2. The van der Waals surface area contributed by atoms with Gasteiger partial charge in [0.25, 0.3) is 0 Å². The second-order valence-corrected chi connectivity index (χ2v) is 7.66. The van der Waals surface area contributed by atoms with Crippen LogP contribution in [0.1, 0.15) is 29.9 Å². The second kappa shape index (κ2) is 8.43. The topological polar surface area (TPSA) is 88.1 Å². The smallest absolute Gasteiger partial charge is 0.323 e. The van der Waals surface area contributed by atoms with E-state index in [-0.39, 0.29) is 33.9 Å². The highest BCUT2D eigenvalue weighted by Crippen LogP contribution is 2.41. The van der Waals surface area contributed by atoms with E-state index < -0.39 is 47.9 Å². The van der Waals surface area contributed by atoms with Crippen molar-refractivity contribution < 1.29 is 31.5 Å². The summed E-state index contributed by atoms with van der Waals surface area (Å²) < 4.78 is 67.0. The Labute approximate surface area is 189 Å². The minimum absolute atomic E-state index is 0.00584. The van der Waals surface area contributed by atoms with Gasteiger partial charge in [-0.15, -0.1) is 0 Å². The number of hydrogen-bond donors (Lipinski definition) is 1. The predicted octanol–water partition coefficient (Wildman–Crippen LogP) is 4.23. The third kappa shape index (κ3) is 4.30. The summed E-state index contributed by atoms with van der Waals surface area (Å²) in [7, 11) is 0. The molecule has 3 aromatic heterocycles. The zero-order valence-electron chi connectivity index (χ0n) is 17.7. The average Bonchev–Trinajstić information content (AvgIpc) is 2.83. The molecule has 0 aromatic carbocycles. The molecule has 0 aliphatic carbocycles. The van der Waals surface area contributed by atoms with Crippen molar-refractivity contribution in [1.29, 1.82) is 0 Å². The van der Waals surface area contributed by atoms with Crippen LogP contribution in [0, 0.1) is 18.7 Å². The number of carbonyl (C=O) groups excluding carboxylic acids is 2. The van der Waals surface area contributed by atoms with Crippen molar-refractivity contribution in [3.05, 3.63) is 65.5 Å². The molecule has 176 valence electrons. The highest BCUT2D eigenvalue weighted by molar-refractivity contribution is 6.09. The van der Waals surface area contributed by atoms with Crippen LogP contribution in [-0.4, -0.2) is 33.3 Å². The maximum Gasteiger partial charge on any atom is 0.433 e. The zero-order valence-corrected chi connectivity index (χ0v) is 17.7. The first-order valence-corrected chi connectivity index (χ1v) is 9.93. The van der Waals surface area contributed by atoms with Crippen molar-refractivity contribution in [2.24, 2.45) is 0 Å². The molecule has 0 saturated carbocycles. The number of anilines is 2. The van der Waals surface area contributed by atoms with Gasteiger partial charge in [0.05, 0.1) is 40.9 Å². The van der Waals surface area contributed by atoms with Crippen LogP contribution < -0.4 is 10.2 Å². The Morgan fingerprint density at radius 2 is 1.88 bits per heavy atom. The van der Waals surface area contributed by atoms with E-state index in [1.165, 1.54) is 19.9 Å². The number of amides is 2. The normalized spacial score (nSPS) is 15.4. The van der Waals surface area contributed by atoms with Gasteiger partial charge in [0.1, 0.15) is 18.1 Å². The van der Waals surface area contributed by atoms with E-state index in [9.17, 15) is 31.5 Å². The molecule has 1 atom stereocenters. The predicted molar refractivity (Wildman–Crippen MR) is 111 cm³/mol. The Kier molecular flexibility index (Phi) is 5.75. The molecule has 0 saturated heterocycles. The van der Waals surface area contributed by atoms with E-state index >= 15 is 0 Å². The van der Waals surface area contributed by atoms with E-state index in [1.807, 2.05) is 0 Å². The second-order valence-electron chi connectivity index (χ2n) is 7.66. The first-order valence-electron chi connectivity index (χ1n) is 9.93. The number of rotatable bonds is 3. The Morgan fingerprint density at radius 1 is 1.15 bits per heavy atom. The minimum atomic E-state index is -4.64. The molecule has 1 aliphatic rings. The van der Waals surface area contributed by atoms with Gasteiger partial charge in [-0.3, -0.25) is 14.6 Å². The van der Waals surface area contributed by atoms with Crippen molar-refractivity contribution >= 4 is 23.2 Å². The number of nitrogens with zero attached hydrogens (tertiary/aromatic N) is 4. The van der Waals surface area contributed by atoms with Crippen LogP contribution in [0.25, 0.3) is 11.1 Å². The van der Waals surface area contributed by atoms with Crippen molar-refractivity contribution in [2.75, 3.05) is 16.8 Å². The van der Waals surface area contributed by atoms with Crippen LogP contribution in [0.4, 0.5) is 33.3 Å². The quantitative estimate of drug-likeness (QED) is 0.451. The number of halogens is 5. The number of alkyl halides is 3. The van der Waals surface area contributed by atoms with Crippen LogP contribution in [0.5, 0.6) is 0 Å². The SMILES string of the molecule is Cc1cc2c(c(F)n1)-c1cc(F)cnc1C(C)C(=O)N2CC(=O)Nc1ccc(C(F)(F)F)nc1. The number of hydrogen-bond acceptors (Lipinski definition) is 5. The monoisotopic (exact) mass is 477 g/mol. The Bertz CT molecular complexity index is 1290. The van der Waals surface area contributed by atoms with E-state index in [0.717, 1.165) is 29.4 Å². The molecule has 4 rings (SSSR count). The third-order valence-electron chi connectivity index (χ3n) is 5.21. The number of fused-ring (bicyclic) bond motifs is 3. The molecular weight excluding hydrogens is 461 g/mol. The lowest BCUT2D eigenvalue weighted by atomic mass is 9.98. The number of aromatic nitrogens is 3. The first-order chi connectivity index (χ1) is 16.0. The Hall–Kier alpha value is -3.96. The number of aryl methyl sites for hydroxylation is 1. The molecule has 0 bridgehead atoms. The molecule has 1 aliphatic heterocycles. The van der Waals surface area contributed by atoms with E-state index in [2.05, 4.69) is 20.3 Å². The van der Waals surface area contributed by atoms with Gasteiger partial charge in [0.2, 0.25) is 17.8 Å². The largest absolute Gasteiger partial charge is 0.433 e. The van der Waals surface area contributed by atoms with Gasteiger partial charge in [0, 0.05) is 11.3 Å². The van der Waals surface area contributed by atoms with E-state index in [0.29, 0.717) is 6.07 Å². The summed E-state index contributed by atoms with van der Waals surface area (Å²) in [5, 5.41) is 2.37. The van der Waals surface area contributed by atoms with Gasteiger partial charge in [0.15, 0.2) is 0 Å². The maximum absolute atomic E-state index is 15.0.